The second-order valence-electron chi connectivity index (χ2n) is 4.99. The summed E-state index contributed by atoms with van der Waals surface area (Å²) in [7, 11) is 1.58. The SMILES string of the molecule is COc1ccccc1NC(=O)c1cccc(-c2csc(C)n2)c1. The number of para-hydroxylation sites is 2. The number of benzene rings is 2. The number of anilines is 1. The Morgan fingerprint density at radius 1 is 1.17 bits per heavy atom. The van der Waals surface area contributed by atoms with Crippen LogP contribution in [0.4, 0.5) is 5.69 Å². The fourth-order valence-electron chi connectivity index (χ4n) is 2.26. The Morgan fingerprint density at radius 3 is 2.74 bits per heavy atom. The zero-order valence-electron chi connectivity index (χ0n) is 12.9. The van der Waals surface area contributed by atoms with Gasteiger partial charge in [0.2, 0.25) is 0 Å². The number of thiazole rings is 1. The molecule has 0 aliphatic carbocycles. The number of aromatic nitrogens is 1. The number of aryl methyl sites for hydroxylation is 1. The molecule has 0 unspecified atom stereocenters. The lowest BCUT2D eigenvalue weighted by Gasteiger charge is -2.10. The normalized spacial score (nSPS) is 10.3. The van der Waals surface area contributed by atoms with Crippen molar-refractivity contribution < 1.29 is 9.53 Å². The van der Waals surface area contributed by atoms with Crippen molar-refractivity contribution in [2.45, 2.75) is 6.92 Å². The van der Waals surface area contributed by atoms with Gasteiger partial charge in [0.1, 0.15) is 5.75 Å². The summed E-state index contributed by atoms with van der Waals surface area (Å²) < 4.78 is 5.25. The molecule has 0 saturated carbocycles. The third kappa shape index (κ3) is 3.40. The van der Waals surface area contributed by atoms with E-state index in [0.29, 0.717) is 17.0 Å². The molecule has 0 bridgehead atoms. The average molecular weight is 324 g/mol. The monoisotopic (exact) mass is 324 g/mol. The number of carbonyl (C=O) groups is 1. The summed E-state index contributed by atoms with van der Waals surface area (Å²) in [5.41, 5.74) is 3.05. The summed E-state index contributed by atoms with van der Waals surface area (Å²) in [5, 5.41) is 5.88. The molecule has 1 N–H and O–H groups in total. The van der Waals surface area contributed by atoms with Crippen molar-refractivity contribution in [1.29, 1.82) is 0 Å². The lowest BCUT2D eigenvalue weighted by atomic mass is 10.1. The van der Waals surface area contributed by atoms with E-state index in [4.69, 9.17) is 4.74 Å². The van der Waals surface area contributed by atoms with Crippen LogP contribution in [0.3, 0.4) is 0 Å². The van der Waals surface area contributed by atoms with Gasteiger partial charge >= 0.3 is 0 Å². The highest BCUT2D eigenvalue weighted by Crippen LogP contribution is 2.25. The first-order valence-electron chi connectivity index (χ1n) is 7.14. The molecule has 5 heteroatoms. The van der Waals surface area contributed by atoms with Gasteiger partial charge in [-0.2, -0.15) is 0 Å². The number of methoxy groups -OCH3 is 1. The predicted octanol–water partition coefficient (Wildman–Crippen LogP) is 4.38. The number of carbonyl (C=O) groups excluding carboxylic acids is 1. The van der Waals surface area contributed by atoms with Crippen LogP contribution in [0.1, 0.15) is 15.4 Å². The van der Waals surface area contributed by atoms with Gasteiger partial charge < -0.3 is 10.1 Å². The zero-order valence-corrected chi connectivity index (χ0v) is 13.7. The Morgan fingerprint density at radius 2 is 2.00 bits per heavy atom. The van der Waals surface area contributed by atoms with Gasteiger partial charge in [0.25, 0.3) is 5.91 Å². The highest BCUT2D eigenvalue weighted by atomic mass is 32.1. The first kappa shape index (κ1) is 15.2. The van der Waals surface area contributed by atoms with Gasteiger partial charge in [-0.1, -0.05) is 24.3 Å². The van der Waals surface area contributed by atoms with Crippen molar-refractivity contribution in [3.8, 4) is 17.0 Å². The molecule has 0 fully saturated rings. The highest BCUT2D eigenvalue weighted by Gasteiger charge is 2.11. The van der Waals surface area contributed by atoms with Crippen LogP contribution in [0.2, 0.25) is 0 Å². The van der Waals surface area contributed by atoms with Crippen LogP contribution in [0.15, 0.2) is 53.9 Å². The van der Waals surface area contributed by atoms with Crippen LogP contribution < -0.4 is 10.1 Å². The van der Waals surface area contributed by atoms with Crippen LogP contribution in [0.5, 0.6) is 5.75 Å². The average Bonchev–Trinajstić information content (AvgIpc) is 3.02. The maximum Gasteiger partial charge on any atom is 0.255 e. The van der Waals surface area contributed by atoms with E-state index in [9.17, 15) is 4.79 Å². The Labute approximate surface area is 138 Å². The van der Waals surface area contributed by atoms with Crippen molar-refractivity contribution in [3.05, 3.63) is 64.5 Å². The minimum Gasteiger partial charge on any atom is -0.495 e. The van der Waals surface area contributed by atoms with E-state index in [1.807, 2.05) is 54.8 Å². The molecule has 1 aromatic heterocycles. The maximum atomic E-state index is 12.5. The minimum atomic E-state index is -0.177. The van der Waals surface area contributed by atoms with Crippen molar-refractivity contribution in [3.63, 3.8) is 0 Å². The molecule has 1 heterocycles. The zero-order chi connectivity index (χ0) is 16.2. The number of nitrogens with zero attached hydrogens (tertiary/aromatic N) is 1. The van der Waals surface area contributed by atoms with E-state index < -0.39 is 0 Å². The highest BCUT2D eigenvalue weighted by molar-refractivity contribution is 7.09. The summed E-state index contributed by atoms with van der Waals surface area (Å²) in [6, 6.07) is 14.8. The van der Waals surface area contributed by atoms with E-state index >= 15 is 0 Å². The molecular formula is C18H16N2O2S. The van der Waals surface area contributed by atoms with Gasteiger partial charge in [0.15, 0.2) is 0 Å². The van der Waals surface area contributed by atoms with Gasteiger partial charge in [-0.15, -0.1) is 11.3 Å². The van der Waals surface area contributed by atoms with Gasteiger partial charge in [0.05, 0.1) is 23.5 Å². The summed E-state index contributed by atoms with van der Waals surface area (Å²) in [5.74, 6) is 0.454. The van der Waals surface area contributed by atoms with Crippen LogP contribution in [0.25, 0.3) is 11.3 Å². The third-order valence-corrected chi connectivity index (χ3v) is 4.17. The fourth-order valence-corrected chi connectivity index (χ4v) is 2.88. The Bertz CT molecular complexity index is 842. The Hall–Kier alpha value is -2.66. The quantitative estimate of drug-likeness (QED) is 0.775. The van der Waals surface area contributed by atoms with Gasteiger partial charge in [-0.05, 0) is 31.2 Å². The molecule has 23 heavy (non-hydrogen) atoms. The number of nitrogens with one attached hydrogen (secondary N) is 1. The van der Waals surface area contributed by atoms with Crippen molar-refractivity contribution in [1.82, 2.24) is 4.98 Å². The molecule has 0 spiro atoms. The number of amides is 1. The van der Waals surface area contributed by atoms with Crippen molar-refractivity contribution in [2.75, 3.05) is 12.4 Å². The second-order valence-corrected chi connectivity index (χ2v) is 6.05. The molecule has 3 rings (SSSR count). The van der Waals surface area contributed by atoms with E-state index in [-0.39, 0.29) is 5.91 Å². The largest absolute Gasteiger partial charge is 0.495 e. The third-order valence-electron chi connectivity index (χ3n) is 3.39. The summed E-state index contributed by atoms with van der Waals surface area (Å²) in [6.07, 6.45) is 0. The number of hydrogen-bond donors (Lipinski definition) is 1. The summed E-state index contributed by atoms with van der Waals surface area (Å²) in [4.78, 5) is 16.9. The lowest BCUT2D eigenvalue weighted by Crippen LogP contribution is -2.12. The minimum absolute atomic E-state index is 0.177. The lowest BCUT2D eigenvalue weighted by molar-refractivity contribution is 0.102. The Balaban J connectivity index is 1.85. The number of rotatable bonds is 4. The topological polar surface area (TPSA) is 51.2 Å². The smallest absolute Gasteiger partial charge is 0.255 e. The first-order valence-corrected chi connectivity index (χ1v) is 8.02. The van der Waals surface area contributed by atoms with Crippen LogP contribution in [-0.2, 0) is 0 Å². The molecule has 0 aliphatic heterocycles. The maximum absolute atomic E-state index is 12.5. The molecular weight excluding hydrogens is 308 g/mol. The van der Waals surface area contributed by atoms with Crippen molar-refractivity contribution in [2.24, 2.45) is 0 Å². The molecule has 0 saturated heterocycles. The van der Waals surface area contributed by atoms with E-state index in [0.717, 1.165) is 16.3 Å². The molecule has 0 atom stereocenters. The molecule has 116 valence electrons. The van der Waals surface area contributed by atoms with Gasteiger partial charge in [0, 0.05) is 16.5 Å². The van der Waals surface area contributed by atoms with E-state index in [2.05, 4.69) is 10.3 Å². The van der Waals surface area contributed by atoms with Crippen LogP contribution >= 0.6 is 11.3 Å². The predicted molar refractivity (Wildman–Crippen MR) is 93.2 cm³/mol. The summed E-state index contributed by atoms with van der Waals surface area (Å²) >= 11 is 1.59. The molecule has 2 aromatic carbocycles. The molecule has 1 amide bonds. The Kier molecular flexibility index (Phi) is 4.39. The molecule has 3 aromatic rings. The van der Waals surface area contributed by atoms with E-state index in [1.165, 1.54) is 0 Å². The van der Waals surface area contributed by atoms with Crippen molar-refractivity contribution >= 4 is 22.9 Å². The molecule has 4 nitrogen and oxygen atoms in total. The second kappa shape index (κ2) is 6.62. The van der Waals surface area contributed by atoms with Crippen LogP contribution in [-0.4, -0.2) is 18.0 Å². The first-order chi connectivity index (χ1) is 11.2. The standard InChI is InChI=1S/C18H16N2O2S/c1-12-19-16(11-23-12)13-6-5-7-14(10-13)18(21)20-15-8-3-4-9-17(15)22-2/h3-11H,1-2H3,(H,20,21). The molecule has 0 aliphatic rings. The van der Waals surface area contributed by atoms with E-state index in [1.54, 1.807) is 24.5 Å². The number of ether oxygens (including phenoxy) is 1. The summed E-state index contributed by atoms with van der Waals surface area (Å²) in [6.45, 7) is 1.96. The number of hydrogen-bond acceptors (Lipinski definition) is 4. The molecule has 0 radical (unpaired) electrons. The van der Waals surface area contributed by atoms with Gasteiger partial charge in [-0.25, -0.2) is 4.98 Å². The van der Waals surface area contributed by atoms with Crippen LogP contribution in [0, 0.1) is 6.92 Å². The fraction of sp³-hybridized carbons (Fsp3) is 0.111. The van der Waals surface area contributed by atoms with Gasteiger partial charge in [-0.3, -0.25) is 4.79 Å².